The Balaban J connectivity index is 2.06. The maximum Gasteiger partial charge on any atom is 0.0598 e. The molecule has 0 saturated heterocycles. The molecule has 1 aliphatic carbocycles. The second kappa shape index (κ2) is 6.90. The summed E-state index contributed by atoms with van der Waals surface area (Å²) in [7, 11) is 0. The molecule has 19 heavy (non-hydrogen) atoms. The molecule has 1 aromatic rings. The lowest BCUT2D eigenvalue weighted by Gasteiger charge is -2.34. The molecule has 0 aliphatic heterocycles. The van der Waals surface area contributed by atoms with Crippen LogP contribution in [0.25, 0.3) is 0 Å². The first-order chi connectivity index (χ1) is 9.20. The van der Waals surface area contributed by atoms with Crippen LogP contribution < -0.4 is 10.2 Å². The molecule has 0 radical (unpaired) electrons. The van der Waals surface area contributed by atoms with Crippen molar-refractivity contribution in [3.63, 3.8) is 0 Å². The first-order valence-electron chi connectivity index (χ1n) is 7.62. The van der Waals surface area contributed by atoms with Crippen LogP contribution in [-0.2, 0) is 6.54 Å². The van der Waals surface area contributed by atoms with E-state index < -0.39 is 0 Å². The predicted molar refractivity (Wildman–Crippen MR) is 81.4 cm³/mol. The summed E-state index contributed by atoms with van der Waals surface area (Å²) >= 11 is 0. The third kappa shape index (κ3) is 3.93. The van der Waals surface area contributed by atoms with E-state index in [4.69, 9.17) is 0 Å². The Labute approximate surface area is 117 Å². The summed E-state index contributed by atoms with van der Waals surface area (Å²) in [6.07, 6.45) is 8.14. The SMILES string of the molecule is CCN(CC1CCC1)c1cnccc1CNC(C)C. The zero-order valence-electron chi connectivity index (χ0n) is 12.5. The van der Waals surface area contributed by atoms with Crippen molar-refractivity contribution in [1.82, 2.24) is 10.3 Å². The number of nitrogens with zero attached hydrogens (tertiary/aromatic N) is 2. The van der Waals surface area contributed by atoms with Crippen molar-refractivity contribution in [3.05, 3.63) is 24.0 Å². The fraction of sp³-hybridized carbons (Fsp3) is 0.688. The van der Waals surface area contributed by atoms with Gasteiger partial charge in [0.05, 0.1) is 11.9 Å². The Kier molecular flexibility index (Phi) is 5.20. The summed E-state index contributed by atoms with van der Waals surface area (Å²) < 4.78 is 0. The Morgan fingerprint density at radius 3 is 2.79 bits per heavy atom. The molecule has 106 valence electrons. The topological polar surface area (TPSA) is 28.2 Å². The van der Waals surface area contributed by atoms with E-state index in [9.17, 15) is 0 Å². The molecule has 0 atom stereocenters. The summed E-state index contributed by atoms with van der Waals surface area (Å²) in [6, 6.07) is 2.66. The number of anilines is 1. The van der Waals surface area contributed by atoms with Gasteiger partial charge in [-0.25, -0.2) is 0 Å². The normalized spacial score (nSPS) is 15.6. The predicted octanol–water partition coefficient (Wildman–Crippen LogP) is 3.21. The van der Waals surface area contributed by atoms with Crippen LogP contribution in [-0.4, -0.2) is 24.1 Å². The molecule has 3 heteroatoms. The molecule has 2 rings (SSSR count). The second-order valence-corrected chi connectivity index (χ2v) is 5.88. The maximum absolute atomic E-state index is 4.32. The van der Waals surface area contributed by atoms with Gasteiger partial charge in [0.25, 0.3) is 0 Å². The molecule has 0 aromatic carbocycles. The van der Waals surface area contributed by atoms with E-state index in [1.54, 1.807) is 0 Å². The molecular formula is C16H27N3. The fourth-order valence-corrected chi connectivity index (χ4v) is 2.55. The van der Waals surface area contributed by atoms with Gasteiger partial charge in [0, 0.05) is 31.9 Å². The van der Waals surface area contributed by atoms with Crippen molar-refractivity contribution >= 4 is 5.69 Å². The lowest BCUT2D eigenvalue weighted by Crippen LogP contribution is -2.33. The quantitative estimate of drug-likeness (QED) is 0.817. The van der Waals surface area contributed by atoms with Crippen molar-refractivity contribution in [2.45, 2.75) is 52.6 Å². The van der Waals surface area contributed by atoms with Gasteiger partial charge in [0.2, 0.25) is 0 Å². The first-order valence-corrected chi connectivity index (χ1v) is 7.62. The zero-order valence-corrected chi connectivity index (χ0v) is 12.5. The van der Waals surface area contributed by atoms with E-state index in [-0.39, 0.29) is 0 Å². The van der Waals surface area contributed by atoms with Gasteiger partial charge in [0.1, 0.15) is 0 Å². The molecule has 1 N–H and O–H groups in total. The number of pyridine rings is 1. The summed E-state index contributed by atoms with van der Waals surface area (Å²) in [4.78, 5) is 6.82. The molecular weight excluding hydrogens is 234 g/mol. The molecule has 1 saturated carbocycles. The van der Waals surface area contributed by atoms with E-state index in [0.717, 1.165) is 19.0 Å². The smallest absolute Gasteiger partial charge is 0.0598 e. The molecule has 0 spiro atoms. The highest BCUT2D eigenvalue weighted by Gasteiger charge is 2.21. The maximum atomic E-state index is 4.32. The number of rotatable bonds is 7. The molecule has 0 amide bonds. The number of hydrogen-bond donors (Lipinski definition) is 1. The molecule has 1 aromatic heterocycles. The van der Waals surface area contributed by atoms with Gasteiger partial charge in [-0.2, -0.15) is 0 Å². The fourth-order valence-electron chi connectivity index (χ4n) is 2.55. The van der Waals surface area contributed by atoms with Crippen molar-refractivity contribution < 1.29 is 0 Å². The van der Waals surface area contributed by atoms with Crippen LogP contribution in [0.4, 0.5) is 5.69 Å². The van der Waals surface area contributed by atoms with Crippen LogP contribution in [0.3, 0.4) is 0 Å². The highest BCUT2D eigenvalue weighted by Crippen LogP contribution is 2.29. The van der Waals surface area contributed by atoms with Gasteiger partial charge in [-0.15, -0.1) is 0 Å². The van der Waals surface area contributed by atoms with Crippen LogP contribution in [0.15, 0.2) is 18.5 Å². The van der Waals surface area contributed by atoms with Crippen LogP contribution in [0.1, 0.15) is 45.6 Å². The average Bonchev–Trinajstić information content (AvgIpc) is 2.36. The zero-order chi connectivity index (χ0) is 13.7. The van der Waals surface area contributed by atoms with E-state index in [1.807, 2.05) is 12.4 Å². The summed E-state index contributed by atoms with van der Waals surface area (Å²) in [5.74, 6) is 0.895. The van der Waals surface area contributed by atoms with Crippen molar-refractivity contribution in [1.29, 1.82) is 0 Å². The van der Waals surface area contributed by atoms with Crippen molar-refractivity contribution in [2.24, 2.45) is 5.92 Å². The monoisotopic (exact) mass is 261 g/mol. The summed E-state index contributed by atoms with van der Waals surface area (Å²) in [6.45, 7) is 9.80. The van der Waals surface area contributed by atoms with E-state index >= 15 is 0 Å². The van der Waals surface area contributed by atoms with Gasteiger partial charge in [0.15, 0.2) is 0 Å². The molecule has 0 unspecified atom stereocenters. The first kappa shape index (κ1) is 14.3. The molecule has 1 heterocycles. The third-order valence-corrected chi connectivity index (χ3v) is 4.01. The highest BCUT2D eigenvalue weighted by molar-refractivity contribution is 5.51. The molecule has 1 fully saturated rings. The molecule has 3 nitrogen and oxygen atoms in total. The van der Waals surface area contributed by atoms with Gasteiger partial charge in [-0.05, 0) is 37.3 Å². The molecule has 1 aliphatic rings. The van der Waals surface area contributed by atoms with E-state index in [2.05, 4.69) is 42.0 Å². The number of hydrogen-bond acceptors (Lipinski definition) is 3. The number of nitrogens with one attached hydrogen (secondary N) is 1. The summed E-state index contributed by atoms with van der Waals surface area (Å²) in [5.41, 5.74) is 2.68. The standard InChI is InChI=1S/C16H27N3/c1-4-19(12-14-6-5-7-14)16-11-17-9-8-15(16)10-18-13(2)3/h8-9,11,13-14,18H,4-7,10,12H2,1-3H3. The van der Waals surface area contributed by atoms with Crippen LogP contribution in [0, 0.1) is 5.92 Å². The molecule has 0 bridgehead atoms. The van der Waals surface area contributed by atoms with Gasteiger partial charge >= 0.3 is 0 Å². The lowest BCUT2D eigenvalue weighted by molar-refractivity contribution is 0.318. The van der Waals surface area contributed by atoms with Gasteiger partial charge in [-0.1, -0.05) is 20.3 Å². The van der Waals surface area contributed by atoms with Gasteiger partial charge < -0.3 is 10.2 Å². The van der Waals surface area contributed by atoms with Gasteiger partial charge in [-0.3, -0.25) is 4.98 Å². The minimum atomic E-state index is 0.516. The Bertz CT molecular complexity index is 385. The van der Waals surface area contributed by atoms with Crippen LogP contribution >= 0.6 is 0 Å². The van der Waals surface area contributed by atoms with E-state index in [0.29, 0.717) is 6.04 Å². The van der Waals surface area contributed by atoms with Crippen molar-refractivity contribution in [3.8, 4) is 0 Å². The minimum absolute atomic E-state index is 0.516. The average molecular weight is 261 g/mol. The minimum Gasteiger partial charge on any atom is -0.370 e. The Morgan fingerprint density at radius 2 is 2.21 bits per heavy atom. The lowest BCUT2D eigenvalue weighted by atomic mass is 9.85. The summed E-state index contributed by atoms with van der Waals surface area (Å²) in [5, 5.41) is 3.51. The van der Waals surface area contributed by atoms with E-state index in [1.165, 1.54) is 37.1 Å². The highest BCUT2D eigenvalue weighted by atomic mass is 15.1. The second-order valence-electron chi connectivity index (χ2n) is 5.88. The van der Waals surface area contributed by atoms with Crippen LogP contribution in [0.5, 0.6) is 0 Å². The Hall–Kier alpha value is -1.09. The van der Waals surface area contributed by atoms with Crippen LogP contribution in [0.2, 0.25) is 0 Å². The Morgan fingerprint density at radius 1 is 1.42 bits per heavy atom. The third-order valence-electron chi connectivity index (χ3n) is 4.01. The van der Waals surface area contributed by atoms with Crippen molar-refractivity contribution in [2.75, 3.05) is 18.0 Å². The number of aromatic nitrogens is 1. The largest absolute Gasteiger partial charge is 0.370 e.